The Morgan fingerprint density at radius 1 is 1.22 bits per heavy atom. The van der Waals surface area contributed by atoms with Gasteiger partial charge in [0.2, 0.25) is 0 Å². The average Bonchev–Trinajstić information content (AvgIpc) is 2.88. The molecule has 8 heteroatoms. The molecule has 0 amide bonds. The number of aliphatic hydroxyl groups is 3. The van der Waals surface area contributed by atoms with Gasteiger partial charge in [-0.25, -0.2) is 0 Å². The summed E-state index contributed by atoms with van der Waals surface area (Å²) in [6.45, 7) is 3.84. The second-order valence-corrected chi connectivity index (χ2v) is 6.69. The number of H-pyrrole nitrogens is 1. The first-order chi connectivity index (χ1) is 11.0. The van der Waals surface area contributed by atoms with Crippen molar-refractivity contribution in [1.29, 1.82) is 0 Å². The summed E-state index contributed by atoms with van der Waals surface area (Å²) < 4.78 is 5.68. The van der Waals surface area contributed by atoms with Crippen molar-refractivity contribution in [3.05, 3.63) is 29.7 Å². The number of pyridine rings is 1. The van der Waals surface area contributed by atoms with E-state index in [1.165, 1.54) is 11.8 Å². The van der Waals surface area contributed by atoms with E-state index >= 15 is 0 Å². The largest absolute Gasteiger partial charge is 0.475 e. The fraction of sp³-hybridized carbons (Fsp3) is 0.467. The molecule has 0 radical (unpaired) electrons. The standard InChI is InChI=1S/C15H19N3O4S/c1-7-12(8(2)18-17-7)10-4-3-9(5-16-10)22-15-14(21)13(20)11(19)6-23-15/h3-5,11,13-15,19-21H,6H2,1-2H3,(H,17,18)/t11-,13+,14-,15+/m1/s1. The minimum Gasteiger partial charge on any atom is -0.475 e. The van der Waals surface area contributed by atoms with E-state index in [-0.39, 0.29) is 0 Å². The van der Waals surface area contributed by atoms with Crippen molar-refractivity contribution in [1.82, 2.24) is 15.2 Å². The number of ether oxygens (including phenoxy) is 1. The Kier molecular flexibility index (Phi) is 4.58. The van der Waals surface area contributed by atoms with Gasteiger partial charge in [0.15, 0.2) is 5.44 Å². The molecule has 4 atom stereocenters. The van der Waals surface area contributed by atoms with Crippen molar-refractivity contribution in [2.45, 2.75) is 37.6 Å². The van der Waals surface area contributed by atoms with Crippen molar-refractivity contribution in [3.63, 3.8) is 0 Å². The Hall–Kier alpha value is -1.61. The van der Waals surface area contributed by atoms with E-state index in [2.05, 4.69) is 15.2 Å². The van der Waals surface area contributed by atoms with Gasteiger partial charge in [0.25, 0.3) is 0 Å². The molecule has 0 spiro atoms. The van der Waals surface area contributed by atoms with Gasteiger partial charge in [0.1, 0.15) is 18.0 Å². The molecule has 1 aliphatic rings. The fourth-order valence-corrected chi connectivity index (χ4v) is 3.66. The lowest BCUT2D eigenvalue weighted by Crippen LogP contribution is -2.50. The van der Waals surface area contributed by atoms with Crippen LogP contribution in [0.25, 0.3) is 11.3 Å². The first-order valence-electron chi connectivity index (χ1n) is 7.28. The molecule has 0 aliphatic carbocycles. The maximum absolute atomic E-state index is 9.96. The zero-order chi connectivity index (χ0) is 16.6. The first kappa shape index (κ1) is 16.3. The van der Waals surface area contributed by atoms with Crippen LogP contribution in [0.4, 0.5) is 0 Å². The molecule has 1 saturated heterocycles. The van der Waals surface area contributed by atoms with Crippen LogP contribution in [0.5, 0.6) is 5.75 Å². The van der Waals surface area contributed by atoms with Crippen LogP contribution in [-0.4, -0.2) is 60.0 Å². The fourth-order valence-electron chi connectivity index (χ4n) is 2.54. The van der Waals surface area contributed by atoms with Gasteiger partial charge in [-0.05, 0) is 26.0 Å². The molecule has 23 heavy (non-hydrogen) atoms. The van der Waals surface area contributed by atoms with Gasteiger partial charge in [-0.3, -0.25) is 10.1 Å². The molecule has 2 aromatic rings. The molecule has 0 unspecified atom stereocenters. The molecule has 0 aromatic carbocycles. The normalized spacial score (nSPS) is 27.9. The summed E-state index contributed by atoms with van der Waals surface area (Å²) in [6.07, 6.45) is -1.72. The molecule has 1 aliphatic heterocycles. The van der Waals surface area contributed by atoms with Crippen LogP contribution in [0.2, 0.25) is 0 Å². The summed E-state index contributed by atoms with van der Waals surface area (Å²) >= 11 is 1.26. The number of aryl methyl sites for hydroxylation is 2. The zero-order valence-corrected chi connectivity index (χ0v) is 13.6. The van der Waals surface area contributed by atoms with Gasteiger partial charge in [-0.1, -0.05) is 0 Å². The number of nitrogens with zero attached hydrogens (tertiary/aromatic N) is 2. The number of rotatable bonds is 3. The topological polar surface area (TPSA) is 111 Å². The molecule has 1 fully saturated rings. The van der Waals surface area contributed by atoms with Gasteiger partial charge < -0.3 is 20.1 Å². The summed E-state index contributed by atoms with van der Waals surface area (Å²) in [4.78, 5) is 4.38. The minimum atomic E-state index is -1.20. The van der Waals surface area contributed by atoms with E-state index in [1.807, 2.05) is 19.9 Å². The second-order valence-electron chi connectivity index (χ2n) is 5.56. The minimum absolute atomic E-state index is 0.307. The predicted octanol–water partition coefficient (Wildman–Crippen LogP) is 0.623. The highest BCUT2D eigenvalue weighted by Gasteiger charge is 2.38. The van der Waals surface area contributed by atoms with Crippen LogP contribution in [0.15, 0.2) is 18.3 Å². The highest BCUT2D eigenvalue weighted by Crippen LogP contribution is 2.30. The van der Waals surface area contributed by atoms with Gasteiger partial charge in [0, 0.05) is 17.0 Å². The first-order valence-corrected chi connectivity index (χ1v) is 8.32. The maximum Gasteiger partial charge on any atom is 0.173 e. The summed E-state index contributed by atoms with van der Waals surface area (Å²) in [7, 11) is 0. The Morgan fingerprint density at radius 3 is 2.61 bits per heavy atom. The number of hydrogen-bond donors (Lipinski definition) is 4. The quantitative estimate of drug-likeness (QED) is 0.650. The van der Waals surface area contributed by atoms with Crippen molar-refractivity contribution >= 4 is 11.8 Å². The lowest BCUT2D eigenvalue weighted by Gasteiger charge is -2.34. The molecule has 0 saturated carbocycles. The monoisotopic (exact) mass is 337 g/mol. The predicted molar refractivity (Wildman–Crippen MR) is 86.2 cm³/mol. The lowest BCUT2D eigenvalue weighted by molar-refractivity contribution is -0.0786. The molecule has 7 nitrogen and oxygen atoms in total. The molecule has 4 N–H and O–H groups in total. The number of aromatic amines is 1. The third-order valence-corrected chi connectivity index (χ3v) is 5.06. The van der Waals surface area contributed by atoms with Crippen molar-refractivity contribution < 1.29 is 20.1 Å². The van der Waals surface area contributed by atoms with E-state index < -0.39 is 23.7 Å². The lowest BCUT2D eigenvalue weighted by atomic mass is 10.1. The average molecular weight is 337 g/mol. The van der Waals surface area contributed by atoms with E-state index in [0.717, 1.165) is 22.6 Å². The smallest absolute Gasteiger partial charge is 0.173 e. The highest BCUT2D eigenvalue weighted by atomic mass is 32.2. The van der Waals surface area contributed by atoms with Gasteiger partial charge >= 0.3 is 0 Å². The molecule has 3 heterocycles. The molecular weight excluding hydrogens is 318 g/mol. The zero-order valence-electron chi connectivity index (χ0n) is 12.8. The third-order valence-electron chi connectivity index (χ3n) is 3.83. The van der Waals surface area contributed by atoms with Crippen LogP contribution in [-0.2, 0) is 0 Å². The van der Waals surface area contributed by atoms with Crippen molar-refractivity contribution in [2.24, 2.45) is 0 Å². The Bertz CT molecular complexity index is 656. The summed E-state index contributed by atoms with van der Waals surface area (Å²) in [5.74, 6) is 0.801. The van der Waals surface area contributed by atoms with E-state index in [0.29, 0.717) is 11.5 Å². The SMILES string of the molecule is Cc1n[nH]c(C)c1-c1ccc(O[C@H]2SC[C@@H](O)[C@H](O)[C@H]2O)cn1. The number of aliphatic hydroxyl groups excluding tert-OH is 3. The van der Waals surface area contributed by atoms with Gasteiger partial charge in [0.05, 0.1) is 23.7 Å². The number of hydrogen-bond acceptors (Lipinski definition) is 7. The molecule has 124 valence electrons. The van der Waals surface area contributed by atoms with Crippen molar-refractivity contribution in [3.8, 4) is 17.0 Å². The maximum atomic E-state index is 9.96. The third kappa shape index (κ3) is 3.20. The second kappa shape index (κ2) is 6.48. The van der Waals surface area contributed by atoms with Crippen LogP contribution in [0.3, 0.4) is 0 Å². The van der Waals surface area contributed by atoms with Crippen LogP contribution >= 0.6 is 11.8 Å². The molecule has 0 bridgehead atoms. The van der Waals surface area contributed by atoms with Crippen LogP contribution < -0.4 is 4.74 Å². The Labute approximate surface area is 137 Å². The Morgan fingerprint density at radius 2 is 2.00 bits per heavy atom. The van der Waals surface area contributed by atoms with Crippen LogP contribution in [0, 0.1) is 13.8 Å². The van der Waals surface area contributed by atoms with Gasteiger partial charge in [-0.15, -0.1) is 11.8 Å². The summed E-state index contributed by atoms with van der Waals surface area (Å²) in [5.41, 5.74) is 2.92. The number of aromatic nitrogens is 3. The molecule has 3 rings (SSSR count). The Balaban J connectivity index is 1.73. The van der Waals surface area contributed by atoms with Crippen LogP contribution in [0.1, 0.15) is 11.4 Å². The summed E-state index contributed by atoms with van der Waals surface area (Å²) in [6, 6.07) is 3.59. The van der Waals surface area contributed by atoms with Gasteiger partial charge in [-0.2, -0.15) is 5.10 Å². The van der Waals surface area contributed by atoms with Crippen molar-refractivity contribution in [2.75, 3.05) is 5.75 Å². The molecule has 2 aromatic heterocycles. The molecular formula is C15H19N3O4S. The number of thioether (sulfide) groups is 1. The number of nitrogens with one attached hydrogen (secondary N) is 1. The summed E-state index contributed by atoms with van der Waals surface area (Å²) in [5, 5.41) is 36.3. The highest BCUT2D eigenvalue weighted by molar-refractivity contribution is 7.99. The van der Waals surface area contributed by atoms with E-state index in [4.69, 9.17) is 4.74 Å². The van der Waals surface area contributed by atoms with E-state index in [1.54, 1.807) is 12.3 Å². The van der Waals surface area contributed by atoms with E-state index in [9.17, 15) is 15.3 Å².